The van der Waals surface area contributed by atoms with E-state index >= 15 is 0 Å². The quantitative estimate of drug-likeness (QED) is 0.194. The number of rotatable bonds is 11. The molecule has 0 saturated carbocycles. The van der Waals surface area contributed by atoms with Crippen molar-refractivity contribution in [3.8, 4) is 5.75 Å². The number of hydrogen-bond acceptors (Lipinski definition) is 6. The second-order valence-corrected chi connectivity index (χ2v) is 12.8. The molecule has 248 valence electrons. The Morgan fingerprint density at radius 2 is 1.54 bits per heavy atom. The maximum Gasteiger partial charge on any atom is 0.408 e. The van der Waals surface area contributed by atoms with E-state index in [0.717, 1.165) is 60.3 Å². The molecule has 4 aliphatic rings. The second-order valence-electron chi connectivity index (χ2n) is 12.8. The molecule has 2 bridgehead atoms. The Bertz CT molecular complexity index is 1680. The largest absolute Gasteiger partial charge is 0.489 e. The molecule has 48 heavy (non-hydrogen) atoms. The Labute approximate surface area is 281 Å². The number of nitrogens with one attached hydrogen (secondary N) is 1. The molecule has 8 rings (SSSR count). The minimum absolute atomic E-state index is 0.0668. The van der Waals surface area contributed by atoms with Crippen LogP contribution in [0.1, 0.15) is 63.3 Å². The number of nitrogens with zero attached hydrogens (tertiary/aromatic N) is 2. The molecule has 0 spiro atoms. The Kier molecular flexibility index (Phi) is 9.70. The third-order valence-electron chi connectivity index (χ3n) is 9.72. The van der Waals surface area contributed by atoms with E-state index < -0.39 is 12.1 Å². The van der Waals surface area contributed by atoms with Crippen LogP contribution in [0.5, 0.6) is 5.75 Å². The molecule has 0 aromatic heterocycles. The van der Waals surface area contributed by atoms with Crippen molar-refractivity contribution >= 4 is 12.0 Å². The standard InChI is InChI=1S/C39H41N3O6/c43-37(40-24-27-9-15-32(16-10-27)38-46-21-22-47-38)31-13-11-28(12-14-31)26-48-34-8-4-7-33(23-34)36(30-5-2-1-3-6-30)42(39(44)45)35-25-41-19-17-29(35)18-20-41/h1-16,23,29,35-36,38H,17-22,24-26H2,(H,40,43)(H,44,45)/t35-,36-/m0/s1. The fourth-order valence-corrected chi connectivity index (χ4v) is 7.16. The first-order valence-electron chi connectivity index (χ1n) is 16.7. The first-order chi connectivity index (χ1) is 23.5. The van der Waals surface area contributed by atoms with Crippen LogP contribution in [-0.2, 0) is 22.6 Å². The molecule has 4 aromatic rings. The lowest BCUT2D eigenvalue weighted by atomic mass is 9.81. The summed E-state index contributed by atoms with van der Waals surface area (Å²) in [7, 11) is 0. The molecule has 0 unspecified atom stereocenters. The topological polar surface area (TPSA) is 101 Å². The molecule has 2 atom stereocenters. The maximum absolute atomic E-state index is 12.9. The monoisotopic (exact) mass is 647 g/mol. The predicted molar refractivity (Wildman–Crippen MR) is 181 cm³/mol. The van der Waals surface area contributed by atoms with E-state index in [0.29, 0.717) is 43.6 Å². The van der Waals surface area contributed by atoms with Crippen LogP contribution in [0.4, 0.5) is 4.79 Å². The summed E-state index contributed by atoms with van der Waals surface area (Å²) in [5, 5.41) is 13.6. The normalized spacial score (nSPS) is 21.0. The summed E-state index contributed by atoms with van der Waals surface area (Å²) in [4.78, 5) is 29.8. The molecule has 0 radical (unpaired) electrons. The van der Waals surface area contributed by atoms with Gasteiger partial charge in [0.1, 0.15) is 12.4 Å². The van der Waals surface area contributed by atoms with Gasteiger partial charge in [-0.25, -0.2) is 4.79 Å². The first-order valence-corrected chi connectivity index (χ1v) is 16.7. The summed E-state index contributed by atoms with van der Waals surface area (Å²) in [5.41, 5.74) is 5.25. The van der Waals surface area contributed by atoms with Crippen molar-refractivity contribution < 1.29 is 28.9 Å². The Balaban J connectivity index is 0.997. The van der Waals surface area contributed by atoms with Gasteiger partial charge in [-0.05, 0) is 78.4 Å². The molecule has 0 aliphatic carbocycles. The van der Waals surface area contributed by atoms with Gasteiger partial charge in [0.15, 0.2) is 6.29 Å². The fourth-order valence-electron chi connectivity index (χ4n) is 7.16. The van der Waals surface area contributed by atoms with Crippen molar-refractivity contribution in [1.29, 1.82) is 0 Å². The number of ether oxygens (including phenoxy) is 3. The maximum atomic E-state index is 12.9. The first kappa shape index (κ1) is 31.9. The average molecular weight is 648 g/mol. The number of carboxylic acid groups (broad SMARTS) is 1. The lowest BCUT2D eigenvalue weighted by Gasteiger charge is -2.50. The van der Waals surface area contributed by atoms with Gasteiger partial charge in [0.25, 0.3) is 5.91 Å². The van der Waals surface area contributed by atoms with Crippen LogP contribution in [0.25, 0.3) is 0 Å². The van der Waals surface area contributed by atoms with E-state index in [1.807, 2.05) is 91.0 Å². The third-order valence-corrected chi connectivity index (χ3v) is 9.72. The number of piperidine rings is 3. The highest BCUT2D eigenvalue weighted by Crippen LogP contribution is 2.39. The molecule has 4 aliphatic heterocycles. The molecule has 2 N–H and O–H groups in total. The molecular formula is C39H41N3O6. The zero-order valence-corrected chi connectivity index (χ0v) is 26.9. The number of benzene rings is 4. The molecule has 4 heterocycles. The third kappa shape index (κ3) is 7.23. The van der Waals surface area contributed by atoms with Crippen LogP contribution in [0.2, 0.25) is 0 Å². The van der Waals surface area contributed by atoms with Gasteiger partial charge >= 0.3 is 6.09 Å². The van der Waals surface area contributed by atoms with E-state index in [-0.39, 0.29) is 18.2 Å². The summed E-state index contributed by atoms with van der Waals surface area (Å²) in [6.07, 6.45) is 0.842. The van der Waals surface area contributed by atoms with Crippen molar-refractivity contribution in [1.82, 2.24) is 15.1 Å². The van der Waals surface area contributed by atoms with E-state index in [1.54, 1.807) is 17.0 Å². The average Bonchev–Trinajstić information content (AvgIpc) is 3.69. The Morgan fingerprint density at radius 3 is 2.21 bits per heavy atom. The molecule has 4 fully saturated rings. The highest BCUT2D eigenvalue weighted by atomic mass is 16.7. The van der Waals surface area contributed by atoms with Crippen LogP contribution >= 0.6 is 0 Å². The number of carbonyl (C=O) groups excluding carboxylic acids is 1. The zero-order valence-electron chi connectivity index (χ0n) is 26.9. The van der Waals surface area contributed by atoms with Crippen molar-refractivity contribution in [2.45, 2.75) is 44.4 Å². The van der Waals surface area contributed by atoms with E-state index in [1.165, 1.54) is 0 Å². The summed E-state index contributed by atoms with van der Waals surface area (Å²) in [6.45, 7) is 4.78. The van der Waals surface area contributed by atoms with Crippen LogP contribution in [0.3, 0.4) is 0 Å². The van der Waals surface area contributed by atoms with Gasteiger partial charge in [0.2, 0.25) is 0 Å². The zero-order chi connectivity index (χ0) is 32.9. The van der Waals surface area contributed by atoms with Crippen LogP contribution in [0, 0.1) is 5.92 Å². The molecule has 4 aromatic carbocycles. The lowest BCUT2D eigenvalue weighted by Crippen LogP contribution is -2.59. The van der Waals surface area contributed by atoms with Gasteiger partial charge in [-0.1, -0.05) is 78.9 Å². The SMILES string of the molecule is O=C(NCc1ccc(C2OCCO2)cc1)c1ccc(COc2cccc([C@H](c3ccccc3)N(C(=O)O)[C@H]3CN4CCC3CC4)c2)cc1. The van der Waals surface area contributed by atoms with Gasteiger partial charge in [0.05, 0.1) is 25.3 Å². The molecular weight excluding hydrogens is 606 g/mol. The van der Waals surface area contributed by atoms with Gasteiger partial charge in [-0.15, -0.1) is 0 Å². The minimum Gasteiger partial charge on any atom is -0.489 e. The summed E-state index contributed by atoms with van der Waals surface area (Å²) in [6, 6.07) is 32.4. The van der Waals surface area contributed by atoms with E-state index in [9.17, 15) is 14.7 Å². The highest BCUT2D eigenvalue weighted by Gasteiger charge is 2.43. The Hall–Kier alpha value is -4.70. The summed E-state index contributed by atoms with van der Waals surface area (Å²) >= 11 is 0. The van der Waals surface area contributed by atoms with Crippen LogP contribution in [-0.4, -0.2) is 65.8 Å². The van der Waals surface area contributed by atoms with Gasteiger partial charge in [-0.2, -0.15) is 0 Å². The molecule has 4 saturated heterocycles. The highest BCUT2D eigenvalue weighted by molar-refractivity contribution is 5.94. The van der Waals surface area contributed by atoms with E-state index in [2.05, 4.69) is 10.2 Å². The van der Waals surface area contributed by atoms with Crippen molar-refractivity contribution in [3.05, 3.63) is 137 Å². The van der Waals surface area contributed by atoms with Crippen molar-refractivity contribution in [2.24, 2.45) is 5.92 Å². The number of carbonyl (C=O) groups is 2. The van der Waals surface area contributed by atoms with Gasteiger partial charge < -0.3 is 29.5 Å². The summed E-state index contributed by atoms with van der Waals surface area (Å²) < 4.78 is 17.3. The van der Waals surface area contributed by atoms with E-state index in [4.69, 9.17) is 14.2 Å². The number of hydrogen-bond donors (Lipinski definition) is 2. The summed E-state index contributed by atoms with van der Waals surface area (Å²) in [5.74, 6) is 0.867. The van der Waals surface area contributed by atoms with Crippen molar-refractivity contribution in [2.75, 3.05) is 32.8 Å². The van der Waals surface area contributed by atoms with Gasteiger partial charge in [-0.3, -0.25) is 9.69 Å². The van der Waals surface area contributed by atoms with Gasteiger partial charge in [0, 0.05) is 24.2 Å². The lowest BCUT2D eigenvalue weighted by molar-refractivity contribution is -0.0441. The van der Waals surface area contributed by atoms with Crippen molar-refractivity contribution in [3.63, 3.8) is 0 Å². The van der Waals surface area contributed by atoms with Crippen LogP contribution < -0.4 is 10.1 Å². The number of amides is 2. The molecule has 9 heteroatoms. The van der Waals surface area contributed by atoms with Crippen LogP contribution in [0.15, 0.2) is 103 Å². The Morgan fingerprint density at radius 1 is 0.854 bits per heavy atom. The second kappa shape index (κ2) is 14.6. The molecule has 2 amide bonds. The fraction of sp³-hybridized carbons (Fsp3) is 0.333. The smallest absolute Gasteiger partial charge is 0.408 e. The number of fused-ring (bicyclic) bond motifs is 3. The molecule has 9 nitrogen and oxygen atoms in total. The minimum atomic E-state index is -0.902. The predicted octanol–water partition coefficient (Wildman–Crippen LogP) is 6.40.